The molecule has 2 unspecified atom stereocenters. The molecule has 0 radical (unpaired) electrons. The molecule has 0 saturated carbocycles. The van der Waals surface area contributed by atoms with Crippen molar-refractivity contribution in [2.45, 2.75) is 39.3 Å². The summed E-state index contributed by atoms with van der Waals surface area (Å²) in [5, 5.41) is 9.06. The van der Waals surface area contributed by atoms with Crippen molar-refractivity contribution < 1.29 is 14.6 Å². The monoisotopic (exact) mass is 217 g/mol. The van der Waals surface area contributed by atoms with E-state index in [0.717, 1.165) is 0 Å². The molecule has 0 aromatic rings. The average Bonchev–Trinajstić information content (AvgIpc) is 2.13. The first-order valence-electron chi connectivity index (χ1n) is 5.39. The number of carboxylic acids is 1. The van der Waals surface area contributed by atoms with Gasteiger partial charge in [0.1, 0.15) is 6.04 Å². The molecule has 1 N–H and O–H groups in total. The molecule has 0 aromatic carbocycles. The van der Waals surface area contributed by atoms with Crippen LogP contribution in [0.2, 0.25) is 0 Å². The van der Waals surface area contributed by atoms with Gasteiger partial charge in [-0.3, -0.25) is 9.69 Å². The lowest BCUT2D eigenvalue weighted by molar-refractivity contribution is -0.144. The van der Waals surface area contributed by atoms with E-state index in [2.05, 4.69) is 13.8 Å². The molecule has 0 saturated heterocycles. The van der Waals surface area contributed by atoms with Crippen LogP contribution in [0.15, 0.2) is 0 Å². The summed E-state index contributed by atoms with van der Waals surface area (Å²) in [6.07, 6.45) is 0.610. The molecule has 4 heteroatoms. The molecule has 0 aliphatic heterocycles. The van der Waals surface area contributed by atoms with Gasteiger partial charge in [-0.15, -0.1) is 0 Å². The van der Waals surface area contributed by atoms with Crippen LogP contribution in [-0.2, 0) is 9.53 Å². The molecule has 0 aliphatic rings. The van der Waals surface area contributed by atoms with E-state index in [-0.39, 0.29) is 6.04 Å². The molecule has 0 rings (SSSR count). The predicted octanol–water partition coefficient (Wildman–Crippen LogP) is 1.45. The lowest BCUT2D eigenvalue weighted by Gasteiger charge is -2.34. The second-order valence-electron chi connectivity index (χ2n) is 4.19. The third kappa shape index (κ3) is 4.18. The maximum atomic E-state index is 11.0. The standard InChI is InChI=1S/C11H23NO3/c1-6-9(11(13)14)12(4)10(7-15-5)8(2)3/h8-10H,6-7H2,1-5H3,(H,13,14). The fourth-order valence-corrected chi connectivity index (χ4v) is 1.82. The summed E-state index contributed by atoms with van der Waals surface area (Å²) in [5.41, 5.74) is 0. The third-order valence-corrected chi connectivity index (χ3v) is 2.79. The Bertz CT molecular complexity index is 194. The number of nitrogens with zero attached hydrogens (tertiary/aromatic N) is 1. The van der Waals surface area contributed by atoms with Crippen LogP contribution in [0.25, 0.3) is 0 Å². The van der Waals surface area contributed by atoms with E-state index in [1.54, 1.807) is 7.11 Å². The zero-order valence-corrected chi connectivity index (χ0v) is 10.4. The molecule has 2 atom stereocenters. The van der Waals surface area contributed by atoms with E-state index in [1.165, 1.54) is 0 Å². The summed E-state index contributed by atoms with van der Waals surface area (Å²) in [6.45, 7) is 6.61. The number of likely N-dealkylation sites (N-methyl/N-ethyl adjacent to an activating group) is 1. The van der Waals surface area contributed by atoms with Gasteiger partial charge in [-0.05, 0) is 19.4 Å². The van der Waals surface area contributed by atoms with Crippen molar-refractivity contribution in [1.82, 2.24) is 4.90 Å². The van der Waals surface area contributed by atoms with E-state index in [0.29, 0.717) is 18.9 Å². The van der Waals surface area contributed by atoms with Crippen LogP contribution < -0.4 is 0 Å². The van der Waals surface area contributed by atoms with Gasteiger partial charge in [-0.1, -0.05) is 20.8 Å². The second-order valence-corrected chi connectivity index (χ2v) is 4.19. The number of rotatable bonds is 7. The summed E-state index contributed by atoms with van der Waals surface area (Å²) in [7, 11) is 3.50. The van der Waals surface area contributed by atoms with Crippen molar-refractivity contribution in [3.8, 4) is 0 Å². The highest BCUT2D eigenvalue weighted by Gasteiger charge is 2.28. The lowest BCUT2D eigenvalue weighted by atomic mass is 10.0. The Balaban J connectivity index is 4.58. The first-order valence-corrected chi connectivity index (χ1v) is 5.39. The molecule has 0 fully saturated rings. The van der Waals surface area contributed by atoms with Crippen LogP contribution in [0.4, 0.5) is 0 Å². The first-order chi connectivity index (χ1) is 6.95. The van der Waals surface area contributed by atoms with Gasteiger partial charge in [0.15, 0.2) is 0 Å². The molecule has 0 heterocycles. The molecule has 0 aromatic heterocycles. The highest BCUT2D eigenvalue weighted by molar-refractivity contribution is 5.73. The minimum absolute atomic E-state index is 0.149. The fourth-order valence-electron chi connectivity index (χ4n) is 1.82. The van der Waals surface area contributed by atoms with Gasteiger partial charge in [0.05, 0.1) is 6.61 Å². The van der Waals surface area contributed by atoms with Crippen LogP contribution in [0.5, 0.6) is 0 Å². The van der Waals surface area contributed by atoms with Gasteiger partial charge in [0.2, 0.25) is 0 Å². The van der Waals surface area contributed by atoms with Crippen molar-refractivity contribution in [1.29, 1.82) is 0 Å². The lowest BCUT2D eigenvalue weighted by Crippen LogP contribution is -2.48. The Labute approximate surface area is 92.2 Å². The number of methoxy groups -OCH3 is 1. The normalized spacial score (nSPS) is 15.7. The quantitative estimate of drug-likeness (QED) is 0.701. The molecular weight excluding hydrogens is 194 g/mol. The van der Waals surface area contributed by atoms with E-state index >= 15 is 0 Å². The van der Waals surface area contributed by atoms with Crippen LogP contribution in [-0.4, -0.2) is 48.8 Å². The summed E-state index contributed by atoms with van der Waals surface area (Å²) < 4.78 is 5.13. The average molecular weight is 217 g/mol. The Kier molecular flexibility index (Phi) is 6.52. The van der Waals surface area contributed by atoms with E-state index < -0.39 is 12.0 Å². The molecule has 4 nitrogen and oxygen atoms in total. The van der Waals surface area contributed by atoms with Crippen molar-refractivity contribution in [2.75, 3.05) is 20.8 Å². The largest absolute Gasteiger partial charge is 0.480 e. The van der Waals surface area contributed by atoms with Crippen molar-refractivity contribution in [3.63, 3.8) is 0 Å². The van der Waals surface area contributed by atoms with Gasteiger partial charge in [0, 0.05) is 13.2 Å². The minimum Gasteiger partial charge on any atom is -0.480 e. The smallest absolute Gasteiger partial charge is 0.320 e. The molecular formula is C11H23NO3. The highest BCUT2D eigenvalue weighted by atomic mass is 16.5. The van der Waals surface area contributed by atoms with Crippen molar-refractivity contribution in [3.05, 3.63) is 0 Å². The summed E-state index contributed by atoms with van der Waals surface area (Å²) in [4.78, 5) is 12.9. The Morgan fingerprint density at radius 1 is 1.47 bits per heavy atom. The summed E-state index contributed by atoms with van der Waals surface area (Å²) >= 11 is 0. The van der Waals surface area contributed by atoms with Crippen molar-refractivity contribution in [2.24, 2.45) is 5.92 Å². The fraction of sp³-hybridized carbons (Fsp3) is 0.909. The number of aliphatic carboxylic acids is 1. The Hall–Kier alpha value is -0.610. The highest BCUT2D eigenvalue weighted by Crippen LogP contribution is 2.14. The summed E-state index contributed by atoms with van der Waals surface area (Å²) in [6, 6.07) is -0.274. The molecule has 0 aliphatic carbocycles. The number of carboxylic acid groups (broad SMARTS) is 1. The van der Waals surface area contributed by atoms with Crippen LogP contribution >= 0.6 is 0 Å². The van der Waals surface area contributed by atoms with Crippen molar-refractivity contribution >= 4 is 5.97 Å². The molecule has 0 spiro atoms. The van der Waals surface area contributed by atoms with Gasteiger partial charge in [-0.25, -0.2) is 0 Å². The van der Waals surface area contributed by atoms with Crippen LogP contribution in [0.1, 0.15) is 27.2 Å². The Morgan fingerprint density at radius 2 is 2.00 bits per heavy atom. The first kappa shape index (κ1) is 14.4. The topological polar surface area (TPSA) is 49.8 Å². The second kappa shape index (κ2) is 6.80. The molecule has 90 valence electrons. The van der Waals surface area contributed by atoms with Gasteiger partial charge in [0.25, 0.3) is 0 Å². The number of ether oxygens (including phenoxy) is 1. The zero-order valence-electron chi connectivity index (χ0n) is 10.4. The number of hydrogen-bond donors (Lipinski definition) is 1. The van der Waals surface area contributed by atoms with Gasteiger partial charge < -0.3 is 9.84 Å². The van der Waals surface area contributed by atoms with Crippen LogP contribution in [0, 0.1) is 5.92 Å². The maximum Gasteiger partial charge on any atom is 0.320 e. The molecule has 0 bridgehead atoms. The Morgan fingerprint density at radius 3 is 2.27 bits per heavy atom. The molecule has 15 heavy (non-hydrogen) atoms. The summed E-state index contributed by atoms with van der Waals surface area (Å²) in [5.74, 6) is -0.384. The van der Waals surface area contributed by atoms with E-state index in [9.17, 15) is 4.79 Å². The van der Waals surface area contributed by atoms with Gasteiger partial charge >= 0.3 is 5.97 Å². The zero-order chi connectivity index (χ0) is 12.0. The van der Waals surface area contributed by atoms with Gasteiger partial charge in [-0.2, -0.15) is 0 Å². The predicted molar refractivity (Wildman–Crippen MR) is 60.0 cm³/mol. The van der Waals surface area contributed by atoms with E-state index in [4.69, 9.17) is 9.84 Å². The third-order valence-electron chi connectivity index (χ3n) is 2.79. The minimum atomic E-state index is -0.762. The van der Waals surface area contributed by atoms with E-state index in [1.807, 2.05) is 18.9 Å². The number of carbonyl (C=O) groups is 1. The number of hydrogen-bond acceptors (Lipinski definition) is 3. The molecule has 0 amide bonds. The van der Waals surface area contributed by atoms with Crippen LogP contribution in [0.3, 0.4) is 0 Å². The maximum absolute atomic E-state index is 11.0. The SMILES string of the molecule is CCC(C(=O)O)N(C)C(COC)C(C)C.